The van der Waals surface area contributed by atoms with Crippen LogP contribution in [0, 0.1) is 0 Å². The van der Waals surface area contributed by atoms with Crippen molar-refractivity contribution in [1.29, 1.82) is 0 Å². The summed E-state index contributed by atoms with van der Waals surface area (Å²) in [6.07, 6.45) is -5.32. The number of nitrogens with zero attached hydrogens (tertiary/aromatic N) is 1. The number of methoxy groups -OCH3 is 2. The summed E-state index contributed by atoms with van der Waals surface area (Å²) >= 11 is 0. The van der Waals surface area contributed by atoms with E-state index in [0.29, 0.717) is 0 Å². The van der Waals surface area contributed by atoms with E-state index in [2.05, 4.69) is 4.74 Å². The molecule has 2 amide bonds. The highest BCUT2D eigenvalue weighted by Crippen LogP contribution is 2.46. The number of rotatable bonds is 5. The van der Waals surface area contributed by atoms with E-state index in [0.717, 1.165) is 12.0 Å². The number of para-hydroxylation sites is 1. The third kappa shape index (κ3) is 3.43. The van der Waals surface area contributed by atoms with Crippen molar-refractivity contribution < 1.29 is 37.0 Å². The molecule has 1 N–H and O–H groups in total. The number of halogens is 3. The van der Waals surface area contributed by atoms with E-state index in [1.165, 1.54) is 52.1 Å². The smallest absolute Gasteiger partial charge is 0.425 e. The van der Waals surface area contributed by atoms with Gasteiger partial charge in [-0.1, -0.05) is 12.1 Å². The van der Waals surface area contributed by atoms with Crippen LogP contribution in [0.15, 0.2) is 35.5 Å². The highest BCUT2D eigenvalue weighted by Gasteiger charge is 2.71. The first-order valence-electron chi connectivity index (χ1n) is 8.59. The van der Waals surface area contributed by atoms with Crippen LogP contribution in [0.5, 0.6) is 5.75 Å². The van der Waals surface area contributed by atoms with Crippen molar-refractivity contribution in [2.24, 2.45) is 0 Å². The van der Waals surface area contributed by atoms with Crippen LogP contribution in [0.4, 0.5) is 13.2 Å². The highest BCUT2D eigenvalue weighted by atomic mass is 19.4. The summed E-state index contributed by atoms with van der Waals surface area (Å²) < 4.78 is 52.6. The van der Waals surface area contributed by atoms with Gasteiger partial charge in [0.05, 0.1) is 19.8 Å². The second-order valence-electron chi connectivity index (χ2n) is 6.62. The number of hydrogen-bond acceptors (Lipinski definition) is 5. The SMILES string of the molecule is COC(=O)C1=C(C)N(C(C)C)C(=O)[C@]1(NC(=O)c1ccccc1OC)C(F)(F)F. The van der Waals surface area contributed by atoms with Gasteiger partial charge in [-0.25, -0.2) is 4.79 Å². The summed E-state index contributed by atoms with van der Waals surface area (Å²) in [6.45, 7) is 4.18. The standard InChI is InChI=1S/C19H21F3N2O5/c1-10(2)24-11(3)14(16(26)29-5)18(17(24)27,19(20,21)22)23-15(25)12-8-6-7-9-13(12)28-4/h6-10H,1-5H3,(H,23,25)/t18-/m0/s1. The lowest BCUT2D eigenvalue weighted by molar-refractivity contribution is -0.192. The van der Waals surface area contributed by atoms with Crippen molar-refractivity contribution >= 4 is 17.8 Å². The zero-order valence-corrected chi connectivity index (χ0v) is 16.5. The second kappa shape index (κ2) is 7.76. The summed E-state index contributed by atoms with van der Waals surface area (Å²) in [4.78, 5) is 38.9. The molecule has 1 atom stereocenters. The molecule has 158 valence electrons. The highest BCUT2D eigenvalue weighted by molar-refractivity contribution is 6.12. The monoisotopic (exact) mass is 414 g/mol. The lowest BCUT2D eigenvalue weighted by Crippen LogP contribution is -2.66. The third-order valence-electron chi connectivity index (χ3n) is 4.62. The first kappa shape index (κ1) is 22.3. The fraction of sp³-hybridized carbons (Fsp3) is 0.421. The van der Waals surface area contributed by atoms with Crippen LogP contribution >= 0.6 is 0 Å². The molecule has 1 aromatic rings. The molecule has 7 nitrogen and oxygen atoms in total. The molecule has 0 radical (unpaired) electrons. The lowest BCUT2D eigenvalue weighted by atomic mass is 9.88. The molecule has 2 rings (SSSR count). The Bertz CT molecular complexity index is 879. The Morgan fingerprint density at radius 1 is 1.17 bits per heavy atom. The van der Waals surface area contributed by atoms with Gasteiger partial charge in [0.2, 0.25) is 0 Å². The fourth-order valence-electron chi connectivity index (χ4n) is 3.38. The van der Waals surface area contributed by atoms with Gasteiger partial charge in [-0.05, 0) is 32.9 Å². The van der Waals surface area contributed by atoms with E-state index in [9.17, 15) is 27.6 Å². The molecule has 1 aromatic carbocycles. The molecule has 0 saturated carbocycles. The van der Waals surface area contributed by atoms with Crippen molar-refractivity contribution in [3.8, 4) is 5.75 Å². The van der Waals surface area contributed by atoms with Crippen LogP contribution in [-0.2, 0) is 14.3 Å². The number of hydrogen-bond donors (Lipinski definition) is 1. The summed E-state index contributed by atoms with van der Waals surface area (Å²) in [5.74, 6) is -4.07. The molecule has 0 aliphatic carbocycles. The van der Waals surface area contributed by atoms with Crippen molar-refractivity contribution in [3.05, 3.63) is 41.1 Å². The minimum Gasteiger partial charge on any atom is -0.496 e. The number of nitrogens with one attached hydrogen (secondary N) is 1. The first-order chi connectivity index (χ1) is 13.4. The molecule has 1 aliphatic heterocycles. The van der Waals surface area contributed by atoms with Crippen LogP contribution in [0.1, 0.15) is 31.1 Å². The van der Waals surface area contributed by atoms with Crippen molar-refractivity contribution in [3.63, 3.8) is 0 Å². The Hall–Kier alpha value is -3.04. The van der Waals surface area contributed by atoms with Crippen molar-refractivity contribution in [2.45, 2.75) is 38.5 Å². The number of alkyl halides is 3. The largest absolute Gasteiger partial charge is 0.496 e. The molecule has 0 bridgehead atoms. The Morgan fingerprint density at radius 2 is 1.76 bits per heavy atom. The molecule has 0 saturated heterocycles. The predicted octanol–water partition coefficient (Wildman–Crippen LogP) is 2.42. The average molecular weight is 414 g/mol. The summed E-state index contributed by atoms with van der Waals surface area (Å²) in [5, 5.41) is 1.76. The third-order valence-corrected chi connectivity index (χ3v) is 4.62. The van der Waals surface area contributed by atoms with E-state index < -0.39 is 41.1 Å². The van der Waals surface area contributed by atoms with Gasteiger partial charge in [0.1, 0.15) is 11.3 Å². The van der Waals surface area contributed by atoms with Crippen LogP contribution in [0.25, 0.3) is 0 Å². The first-order valence-corrected chi connectivity index (χ1v) is 8.59. The zero-order chi connectivity index (χ0) is 22.1. The quantitative estimate of drug-likeness (QED) is 0.748. The van der Waals surface area contributed by atoms with Gasteiger partial charge < -0.3 is 19.7 Å². The molecular formula is C19H21F3N2O5. The molecule has 29 heavy (non-hydrogen) atoms. The number of benzene rings is 1. The van der Waals surface area contributed by atoms with Gasteiger partial charge in [0, 0.05) is 11.7 Å². The Labute approximate surface area is 165 Å². The number of allylic oxidation sites excluding steroid dienone is 1. The average Bonchev–Trinajstić information content (AvgIpc) is 2.88. The fourth-order valence-corrected chi connectivity index (χ4v) is 3.38. The van der Waals surface area contributed by atoms with Crippen molar-refractivity contribution in [1.82, 2.24) is 10.2 Å². The van der Waals surface area contributed by atoms with Crippen LogP contribution in [0.3, 0.4) is 0 Å². The number of esters is 1. The zero-order valence-electron chi connectivity index (χ0n) is 16.5. The van der Waals surface area contributed by atoms with Crippen LogP contribution < -0.4 is 10.1 Å². The molecule has 0 fully saturated rings. The molecule has 1 heterocycles. The molecular weight excluding hydrogens is 393 g/mol. The van der Waals surface area contributed by atoms with Gasteiger partial charge in [0.15, 0.2) is 0 Å². The topological polar surface area (TPSA) is 84.9 Å². The van der Waals surface area contributed by atoms with Crippen LogP contribution in [-0.4, -0.2) is 54.7 Å². The number of carbonyl (C=O) groups excluding carboxylic acids is 3. The minimum absolute atomic E-state index is 0.00815. The van der Waals surface area contributed by atoms with E-state index in [-0.39, 0.29) is 17.0 Å². The predicted molar refractivity (Wildman–Crippen MR) is 95.9 cm³/mol. The minimum atomic E-state index is -5.32. The van der Waals surface area contributed by atoms with E-state index >= 15 is 0 Å². The maximum atomic E-state index is 14.3. The Morgan fingerprint density at radius 3 is 2.24 bits per heavy atom. The normalized spacial score (nSPS) is 19.6. The van der Waals surface area contributed by atoms with E-state index in [1.807, 2.05) is 0 Å². The molecule has 0 spiro atoms. The van der Waals surface area contributed by atoms with Gasteiger partial charge >= 0.3 is 12.1 Å². The molecule has 0 unspecified atom stereocenters. The maximum Gasteiger partial charge on any atom is 0.425 e. The summed E-state index contributed by atoms with van der Waals surface area (Å²) in [6, 6.07) is 4.88. The Kier molecular flexibility index (Phi) is 5.96. The summed E-state index contributed by atoms with van der Waals surface area (Å²) in [5.41, 5.74) is -5.04. The van der Waals surface area contributed by atoms with E-state index in [4.69, 9.17) is 4.74 Å². The Balaban J connectivity index is 2.72. The van der Waals surface area contributed by atoms with Gasteiger partial charge in [0.25, 0.3) is 17.4 Å². The molecule has 0 aromatic heterocycles. The summed E-state index contributed by atoms with van der Waals surface area (Å²) in [7, 11) is 2.14. The van der Waals surface area contributed by atoms with Gasteiger partial charge in [-0.2, -0.15) is 13.2 Å². The maximum absolute atomic E-state index is 14.3. The van der Waals surface area contributed by atoms with Crippen molar-refractivity contribution in [2.75, 3.05) is 14.2 Å². The van der Waals surface area contributed by atoms with Gasteiger partial charge in [-0.15, -0.1) is 0 Å². The number of amides is 2. The lowest BCUT2D eigenvalue weighted by Gasteiger charge is -2.33. The number of carbonyl (C=O) groups is 3. The van der Waals surface area contributed by atoms with Gasteiger partial charge in [-0.3, -0.25) is 9.59 Å². The molecule has 1 aliphatic rings. The number of ether oxygens (including phenoxy) is 2. The van der Waals surface area contributed by atoms with Crippen LogP contribution in [0.2, 0.25) is 0 Å². The second-order valence-corrected chi connectivity index (χ2v) is 6.62. The molecule has 10 heteroatoms. The van der Waals surface area contributed by atoms with E-state index in [1.54, 1.807) is 5.32 Å².